The zero-order chi connectivity index (χ0) is 19.9. The van der Waals surface area contributed by atoms with Gasteiger partial charge >= 0.3 is 0 Å². The molecule has 0 unspecified atom stereocenters. The summed E-state index contributed by atoms with van der Waals surface area (Å²) in [5.74, 6) is 0.986. The molecule has 146 valence electrons. The van der Waals surface area contributed by atoms with E-state index in [0.717, 1.165) is 5.56 Å². The Hall–Kier alpha value is -2.58. The number of benzene rings is 2. The van der Waals surface area contributed by atoms with E-state index in [2.05, 4.69) is 10.0 Å². The second kappa shape index (κ2) is 9.38. The van der Waals surface area contributed by atoms with Crippen LogP contribution in [0.15, 0.2) is 47.4 Å². The molecule has 8 heteroatoms. The first kappa shape index (κ1) is 20.7. The Morgan fingerprint density at radius 1 is 0.963 bits per heavy atom. The van der Waals surface area contributed by atoms with Gasteiger partial charge in [0, 0.05) is 19.2 Å². The van der Waals surface area contributed by atoms with Gasteiger partial charge < -0.3 is 14.8 Å². The van der Waals surface area contributed by atoms with Crippen LogP contribution in [0.1, 0.15) is 26.3 Å². The molecule has 0 bridgehead atoms. The molecule has 2 aromatic rings. The molecule has 27 heavy (non-hydrogen) atoms. The van der Waals surface area contributed by atoms with Gasteiger partial charge in [0.05, 0.1) is 18.1 Å². The van der Waals surface area contributed by atoms with E-state index >= 15 is 0 Å². The normalized spacial score (nSPS) is 11.1. The Balaban J connectivity index is 2.10. The number of hydrogen-bond acceptors (Lipinski definition) is 5. The highest BCUT2D eigenvalue weighted by Gasteiger charge is 2.14. The minimum absolute atomic E-state index is 0.113. The quantitative estimate of drug-likeness (QED) is 0.684. The Labute approximate surface area is 159 Å². The van der Waals surface area contributed by atoms with E-state index in [1.165, 1.54) is 19.1 Å². The maximum Gasteiger partial charge on any atom is 0.240 e. The summed E-state index contributed by atoms with van der Waals surface area (Å²) >= 11 is 0. The van der Waals surface area contributed by atoms with Gasteiger partial charge in [0.25, 0.3) is 0 Å². The summed E-state index contributed by atoms with van der Waals surface area (Å²) in [6, 6.07) is 11.3. The van der Waals surface area contributed by atoms with Crippen molar-refractivity contribution in [1.82, 2.24) is 4.72 Å². The van der Waals surface area contributed by atoms with Crippen LogP contribution in [0, 0.1) is 0 Å². The summed E-state index contributed by atoms with van der Waals surface area (Å²) in [5.41, 5.74) is 1.29. The molecule has 2 aromatic carbocycles. The van der Waals surface area contributed by atoms with Gasteiger partial charge in [-0.2, -0.15) is 0 Å². The highest BCUT2D eigenvalue weighted by molar-refractivity contribution is 7.89. The number of anilines is 1. The van der Waals surface area contributed by atoms with Crippen LogP contribution in [0.4, 0.5) is 5.69 Å². The van der Waals surface area contributed by atoms with Crippen molar-refractivity contribution in [3.05, 3.63) is 48.0 Å². The van der Waals surface area contributed by atoms with Crippen molar-refractivity contribution in [2.24, 2.45) is 0 Å². The lowest BCUT2D eigenvalue weighted by molar-refractivity contribution is -0.114. The largest absolute Gasteiger partial charge is 0.490 e. The SMILES string of the molecule is CCOc1ccc(CNS(=O)(=O)c2ccc(NC(C)=O)cc2)cc1OCC. The number of hydrogen-bond donors (Lipinski definition) is 2. The minimum Gasteiger partial charge on any atom is -0.490 e. The molecule has 0 aliphatic carbocycles. The fraction of sp³-hybridized carbons (Fsp3) is 0.316. The molecule has 2 rings (SSSR count). The van der Waals surface area contributed by atoms with Gasteiger partial charge in [-0.3, -0.25) is 4.79 Å². The predicted octanol–water partition coefficient (Wildman–Crippen LogP) is 2.92. The number of rotatable bonds is 9. The van der Waals surface area contributed by atoms with Crippen LogP contribution < -0.4 is 19.5 Å². The van der Waals surface area contributed by atoms with E-state index in [1.54, 1.807) is 30.3 Å². The van der Waals surface area contributed by atoms with E-state index in [1.807, 2.05) is 13.8 Å². The highest BCUT2D eigenvalue weighted by atomic mass is 32.2. The van der Waals surface area contributed by atoms with Gasteiger partial charge in [-0.25, -0.2) is 13.1 Å². The third-order valence-corrected chi connectivity index (χ3v) is 4.98. The average Bonchev–Trinajstić information content (AvgIpc) is 2.62. The van der Waals surface area contributed by atoms with Crippen LogP contribution >= 0.6 is 0 Å². The Morgan fingerprint density at radius 2 is 1.59 bits per heavy atom. The van der Waals surface area contributed by atoms with Gasteiger partial charge in [-0.05, 0) is 55.8 Å². The summed E-state index contributed by atoms with van der Waals surface area (Å²) in [5, 5.41) is 2.60. The monoisotopic (exact) mass is 392 g/mol. The van der Waals surface area contributed by atoms with Gasteiger partial charge in [-0.1, -0.05) is 6.07 Å². The molecule has 0 saturated carbocycles. The molecule has 0 saturated heterocycles. The predicted molar refractivity (Wildman–Crippen MR) is 104 cm³/mol. The van der Waals surface area contributed by atoms with Crippen LogP contribution in [0.2, 0.25) is 0 Å². The molecule has 1 amide bonds. The summed E-state index contributed by atoms with van der Waals surface area (Å²) in [7, 11) is -3.68. The molecule has 2 N–H and O–H groups in total. The standard InChI is InChI=1S/C19H24N2O5S/c1-4-25-18-11-6-15(12-19(18)26-5-2)13-20-27(23,24)17-9-7-16(8-10-17)21-14(3)22/h6-12,20H,4-5,13H2,1-3H3,(H,21,22). The molecule has 0 spiro atoms. The number of amides is 1. The lowest BCUT2D eigenvalue weighted by Crippen LogP contribution is -2.23. The molecule has 7 nitrogen and oxygen atoms in total. The Morgan fingerprint density at radius 3 is 2.19 bits per heavy atom. The number of sulfonamides is 1. The van der Waals surface area contributed by atoms with Crippen LogP contribution in [-0.2, 0) is 21.4 Å². The maximum atomic E-state index is 12.5. The molecular weight excluding hydrogens is 368 g/mol. The Kier molecular flexibility index (Phi) is 7.20. The van der Waals surface area contributed by atoms with Crippen molar-refractivity contribution < 1.29 is 22.7 Å². The topological polar surface area (TPSA) is 93.7 Å². The van der Waals surface area contributed by atoms with Gasteiger partial charge in [0.1, 0.15) is 0 Å². The number of ether oxygens (including phenoxy) is 2. The minimum atomic E-state index is -3.68. The summed E-state index contributed by atoms with van der Waals surface area (Å²) in [6.07, 6.45) is 0. The second-order valence-electron chi connectivity index (χ2n) is 5.68. The Bertz CT molecular complexity index is 879. The molecular formula is C19H24N2O5S. The van der Waals surface area contributed by atoms with Crippen molar-refractivity contribution in [3.63, 3.8) is 0 Å². The fourth-order valence-corrected chi connectivity index (χ4v) is 3.41. The zero-order valence-electron chi connectivity index (χ0n) is 15.6. The summed E-state index contributed by atoms with van der Waals surface area (Å²) < 4.78 is 38.5. The van der Waals surface area contributed by atoms with Crippen LogP contribution in [0.5, 0.6) is 11.5 Å². The van der Waals surface area contributed by atoms with Crippen molar-refractivity contribution in [1.29, 1.82) is 0 Å². The fourth-order valence-electron chi connectivity index (χ4n) is 2.39. The smallest absolute Gasteiger partial charge is 0.240 e. The van der Waals surface area contributed by atoms with Gasteiger partial charge in [0.2, 0.25) is 15.9 Å². The van der Waals surface area contributed by atoms with E-state index < -0.39 is 10.0 Å². The van der Waals surface area contributed by atoms with Crippen molar-refractivity contribution >= 4 is 21.6 Å². The number of nitrogens with one attached hydrogen (secondary N) is 2. The lowest BCUT2D eigenvalue weighted by Gasteiger charge is -2.13. The van der Waals surface area contributed by atoms with Gasteiger partial charge in [-0.15, -0.1) is 0 Å². The zero-order valence-corrected chi connectivity index (χ0v) is 16.4. The van der Waals surface area contributed by atoms with Gasteiger partial charge in [0.15, 0.2) is 11.5 Å². The molecule has 0 radical (unpaired) electrons. The van der Waals surface area contributed by atoms with E-state index in [-0.39, 0.29) is 17.3 Å². The first-order valence-electron chi connectivity index (χ1n) is 8.61. The molecule has 0 heterocycles. The van der Waals surface area contributed by atoms with Crippen LogP contribution in [-0.4, -0.2) is 27.5 Å². The summed E-state index contributed by atoms with van der Waals surface area (Å²) in [6.45, 7) is 6.25. The average molecular weight is 392 g/mol. The van der Waals surface area contributed by atoms with E-state index in [4.69, 9.17) is 9.47 Å². The first-order valence-corrected chi connectivity index (χ1v) is 10.1. The highest BCUT2D eigenvalue weighted by Crippen LogP contribution is 2.28. The molecule has 0 aromatic heterocycles. The van der Waals surface area contributed by atoms with Crippen molar-refractivity contribution in [2.75, 3.05) is 18.5 Å². The lowest BCUT2D eigenvalue weighted by atomic mass is 10.2. The summed E-state index contributed by atoms with van der Waals surface area (Å²) in [4.78, 5) is 11.2. The maximum absolute atomic E-state index is 12.5. The number of carbonyl (C=O) groups excluding carboxylic acids is 1. The molecule has 0 atom stereocenters. The first-order chi connectivity index (χ1) is 12.9. The van der Waals surface area contributed by atoms with Crippen LogP contribution in [0.25, 0.3) is 0 Å². The van der Waals surface area contributed by atoms with E-state index in [0.29, 0.717) is 30.4 Å². The van der Waals surface area contributed by atoms with E-state index in [9.17, 15) is 13.2 Å². The number of carbonyl (C=O) groups is 1. The third-order valence-electron chi connectivity index (χ3n) is 3.56. The van der Waals surface area contributed by atoms with Crippen LogP contribution in [0.3, 0.4) is 0 Å². The second-order valence-corrected chi connectivity index (χ2v) is 7.44. The third kappa shape index (κ3) is 5.97. The van der Waals surface area contributed by atoms with Crippen molar-refractivity contribution in [3.8, 4) is 11.5 Å². The molecule has 0 fully saturated rings. The molecule has 0 aliphatic rings. The van der Waals surface area contributed by atoms with Crippen molar-refractivity contribution in [2.45, 2.75) is 32.2 Å². The molecule has 0 aliphatic heterocycles.